The Morgan fingerprint density at radius 1 is 1.21 bits per heavy atom. The molecule has 1 amide bonds. The topological polar surface area (TPSA) is 85.8 Å². The molecule has 0 N–H and O–H groups in total. The molecule has 0 saturated carbocycles. The van der Waals surface area contributed by atoms with Gasteiger partial charge in [0.2, 0.25) is 5.76 Å². The number of aryl methyl sites for hydroxylation is 1. The number of hydrogen-bond donors (Lipinski definition) is 0. The lowest BCUT2D eigenvalue weighted by Crippen LogP contribution is -2.29. The van der Waals surface area contributed by atoms with Crippen LogP contribution >= 0.6 is 23.2 Å². The number of anilines is 1. The molecule has 7 nitrogen and oxygen atoms in total. The fraction of sp³-hybridized carbons (Fsp3) is 0.125. The first-order valence-electron chi connectivity index (χ1n) is 9.95. The van der Waals surface area contributed by atoms with Gasteiger partial charge in [0, 0.05) is 11.1 Å². The van der Waals surface area contributed by atoms with Gasteiger partial charge in [-0.15, -0.1) is 0 Å². The van der Waals surface area contributed by atoms with E-state index in [1.807, 2.05) is 0 Å². The summed E-state index contributed by atoms with van der Waals surface area (Å²) in [6.07, 6.45) is 1.62. The maximum Gasteiger partial charge on any atom is 0.296 e. The number of fused-ring (bicyclic) bond motifs is 2. The van der Waals surface area contributed by atoms with Crippen LogP contribution in [0.15, 0.2) is 68.9 Å². The number of rotatable bonds is 5. The summed E-state index contributed by atoms with van der Waals surface area (Å²) in [5, 5.41) is 4.60. The van der Waals surface area contributed by atoms with E-state index in [0.717, 1.165) is 0 Å². The van der Waals surface area contributed by atoms with Crippen LogP contribution in [0.3, 0.4) is 0 Å². The second kappa shape index (κ2) is 8.10. The molecule has 0 fully saturated rings. The van der Waals surface area contributed by atoms with Crippen molar-refractivity contribution in [2.45, 2.75) is 13.0 Å². The van der Waals surface area contributed by atoms with Gasteiger partial charge in [0.15, 0.2) is 16.8 Å². The van der Waals surface area contributed by atoms with Crippen LogP contribution in [0.25, 0.3) is 11.0 Å². The van der Waals surface area contributed by atoms with Crippen LogP contribution in [0.1, 0.15) is 33.5 Å². The molecule has 2 aromatic carbocycles. The predicted octanol–water partition coefficient (Wildman–Crippen LogP) is 5.71. The summed E-state index contributed by atoms with van der Waals surface area (Å²) < 4.78 is 16.8. The highest BCUT2D eigenvalue weighted by Crippen LogP contribution is 2.42. The highest BCUT2D eigenvalue weighted by molar-refractivity contribution is 6.38. The Bertz CT molecular complexity index is 1490. The fourth-order valence-electron chi connectivity index (χ4n) is 3.95. The van der Waals surface area contributed by atoms with Crippen molar-refractivity contribution in [3.05, 3.63) is 98.0 Å². The number of carbonyl (C=O) groups excluding carboxylic acids is 1. The average molecular weight is 483 g/mol. The summed E-state index contributed by atoms with van der Waals surface area (Å²) in [6.45, 7) is 5.67. The molecule has 0 unspecified atom stereocenters. The van der Waals surface area contributed by atoms with Crippen LogP contribution < -0.4 is 15.1 Å². The molecule has 166 valence electrons. The van der Waals surface area contributed by atoms with E-state index in [2.05, 4.69) is 11.7 Å². The standard InChI is InChI=1S/C24H16Cl2N2O5/c1-3-7-31-15-6-4-5-13(9-15)20-19-21(29)16-10-14(25)11-17(26)22(16)32-23(19)24(30)28(20)18-8-12(2)33-27-18/h3-6,8-11,20H,1,7H2,2H3/t20-/m1/s1. The molecule has 9 heteroatoms. The van der Waals surface area contributed by atoms with Crippen molar-refractivity contribution in [2.75, 3.05) is 11.5 Å². The first kappa shape index (κ1) is 21.3. The zero-order chi connectivity index (χ0) is 23.3. The molecule has 0 bridgehead atoms. The number of ether oxygens (including phenoxy) is 1. The van der Waals surface area contributed by atoms with Crippen LogP contribution in [0.4, 0.5) is 5.82 Å². The SMILES string of the molecule is C=CCOc1cccc([C@@H]2c3c(oc4c(Cl)cc(Cl)cc4c3=O)C(=O)N2c2cc(C)on2)c1. The monoisotopic (exact) mass is 482 g/mol. The molecule has 3 heterocycles. The number of halogens is 2. The van der Waals surface area contributed by atoms with Gasteiger partial charge < -0.3 is 13.7 Å². The van der Waals surface area contributed by atoms with E-state index >= 15 is 0 Å². The molecule has 33 heavy (non-hydrogen) atoms. The Kier molecular flexibility index (Phi) is 5.23. The summed E-state index contributed by atoms with van der Waals surface area (Å²) in [5.41, 5.74) is 0.476. The number of amides is 1. The molecule has 0 spiro atoms. The lowest BCUT2D eigenvalue weighted by molar-refractivity contribution is 0.0969. The van der Waals surface area contributed by atoms with E-state index in [1.165, 1.54) is 17.0 Å². The summed E-state index contributed by atoms with van der Waals surface area (Å²) in [6, 6.07) is 10.8. The van der Waals surface area contributed by atoms with Gasteiger partial charge in [-0.1, -0.05) is 53.1 Å². The third-order valence-electron chi connectivity index (χ3n) is 5.30. The number of hydrogen-bond acceptors (Lipinski definition) is 6. The number of nitrogens with zero attached hydrogens (tertiary/aromatic N) is 2. The number of benzene rings is 2. The zero-order valence-electron chi connectivity index (χ0n) is 17.3. The minimum atomic E-state index is -0.831. The van der Waals surface area contributed by atoms with Crippen molar-refractivity contribution in [3.8, 4) is 5.75 Å². The summed E-state index contributed by atoms with van der Waals surface area (Å²) in [4.78, 5) is 28.5. The molecule has 1 aliphatic heterocycles. The Morgan fingerprint density at radius 3 is 2.76 bits per heavy atom. The Hall–Kier alpha value is -3.55. The van der Waals surface area contributed by atoms with Gasteiger partial charge in [0.05, 0.1) is 22.0 Å². The van der Waals surface area contributed by atoms with Crippen molar-refractivity contribution >= 4 is 45.9 Å². The van der Waals surface area contributed by atoms with E-state index in [-0.39, 0.29) is 38.2 Å². The molecule has 0 radical (unpaired) electrons. The van der Waals surface area contributed by atoms with Crippen LogP contribution in [0.5, 0.6) is 5.75 Å². The number of aromatic nitrogens is 1. The molecule has 1 atom stereocenters. The van der Waals surface area contributed by atoms with Crippen LogP contribution in [-0.2, 0) is 0 Å². The molecule has 1 aliphatic rings. The lowest BCUT2D eigenvalue weighted by Gasteiger charge is -2.22. The second-order valence-electron chi connectivity index (χ2n) is 7.48. The summed E-state index contributed by atoms with van der Waals surface area (Å²) in [7, 11) is 0. The van der Waals surface area contributed by atoms with E-state index in [4.69, 9.17) is 36.9 Å². The van der Waals surface area contributed by atoms with Crippen molar-refractivity contribution in [2.24, 2.45) is 0 Å². The van der Waals surface area contributed by atoms with E-state index in [1.54, 1.807) is 43.3 Å². The minimum absolute atomic E-state index is 0.0955. The van der Waals surface area contributed by atoms with E-state index in [9.17, 15) is 9.59 Å². The normalized spacial score (nSPS) is 15.2. The molecule has 2 aromatic heterocycles. The van der Waals surface area contributed by atoms with Gasteiger partial charge in [-0.3, -0.25) is 14.5 Å². The minimum Gasteiger partial charge on any atom is -0.490 e. The van der Waals surface area contributed by atoms with Gasteiger partial charge in [0.1, 0.15) is 18.1 Å². The van der Waals surface area contributed by atoms with Crippen LogP contribution in [0.2, 0.25) is 10.0 Å². The van der Waals surface area contributed by atoms with Crippen molar-refractivity contribution in [1.82, 2.24) is 5.16 Å². The first-order chi connectivity index (χ1) is 15.9. The molecule has 0 saturated heterocycles. The van der Waals surface area contributed by atoms with Crippen molar-refractivity contribution in [1.29, 1.82) is 0 Å². The van der Waals surface area contributed by atoms with Crippen LogP contribution in [-0.4, -0.2) is 17.7 Å². The van der Waals surface area contributed by atoms with E-state index in [0.29, 0.717) is 23.7 Å². The van der Waals surface area contributed by atoms with Gasteiger partial charge in [0.25, 0.3) is 5.91 Å². The lowest BCUT2D eigenvalue weighted by atomic mass is 9.98. The highest BCUT2D eigenvalue weighted by atomic mass is 35.5. The number of carbonyl (C=O) groups is 1. The Labute approximate surface area is 197 Å². The first-order valence-corrected chi connectivity index (χ1v) is 10.7. The molecule has 5 rings (SSSR count). The second-order valence-corrected chi connectivity index (χ2v) is 8.33. The third-order valence-corrected chi connectivity index (χ3v) is 5.79. The smallest absolute Gasteiger partial charge is 0.296 e. The Morgan fingerprint density at radius 2 is 2.03 bits per heavy atom. The quantitative estimate of drug-likeness (QED) is 0.338. The molecule has 0 aliphatic carbocycles. The summed E-state index contributed by atoms with van der Waals surface area (Å²) in [5.74, 6) is 0.667. The molecular formula is C24H16Cl2N2O5. The maximum absolute atomic E-state index is 13.6. The highest BCUT2D eigenvalue weighted by Gasteiger charge is 2.45. The average Bonchev–Trinajstić information content (AvgIpc) is 3.34. The van der Waals surface area contributed by atoms with Gasteiger partial charge in [-0.2, -0.15) is 0 Å². The predicted molar refractivity (Wildman–Crippen MR) is 125 cm³/mol. The maximum atomic E-state index is 13.6. The fourth-order valence-corrected chi connectivity index (χ4v) is 4.48. The van der Waals surface area contributed by atoms with Gasteiger partial charge >= 0.3 is 0 Å². The van der Waals surface area contributed by atoms with E-state index < -0.39 is 17.4 Å². The van der Waals surface area contributed by atoms with Gasteiger partial charge in [-0.25, -0.2) is 0 Å². The van der Waals surface area contributed by atoms with Crippen LogP contribution in [0, 0.1) is 6.92 Å². The third kappa shape index (κ3) is 3.50. The Balaban J connectivity index is 1.79. The zero-order valence-corrected chi connectivity index (χ0v) is 18.8. The largest absolute Gasteiger partial charge is 0.490 e. The van der Waals surface area contributed by atoms with Gasteiger partial charge in [-0.05, 0) is 36.8 Å². The summed E-state index contributed by atoms with van der Waals surface area (Å²) >= 11 is 12.4. The van der Waals surface area contributed by atoms with Crippen molar-refractivity contribution < 1.29 is 18.5 Å². The molecular weight excluding hydrogens is 467 g/mol. The molecule has 4 aromatic rings. The van der Waals surface area contributed by atoms with Crippen molar-refractivity contribution in [3.63, 3.8) is 0 Å².